The number of pyridine rings is 1. The van der Waals surface area contributed by atoms with E-state index in [1.165, 1.54) is 0 Å². The van der Waals surface area contributed by atoms with Crippen LogP contribution in [0.4, 0.5) is 0 Å². The zero-order valence-corrected chi connectivity index (χ0v) is 9.05. The van der Waals surface area contributed by atoms with Crippen molar-refractivity contribution in [2.24, 2.45) is 5.73 Å². The van der Waals surface area contributed by atoms with Gasteiger partial charge in [-0.3, -0.25) is 4.79 Å². The smallest absolute Gasteiger partial charge is 0.320 e. The van der Waals surface area contributed by atoms with Crippen molar-refractivity contribution in [2.45, 2.75) is 12.5 Å². The van der Waals surface area contributed by atoms with Crippen LogP contribution in [-0.2, 0) is 11.2 Å². The third-order valence-corrected chi connectivity index (χ3v) is 2.61. The lowest BCUT2D eigenvalue weighted by Crippen LogP contribution is -2.32. The molecule has 16 heavy (non-hydrogen) atoms. The molecule has 0 aliphatic heterocycles. The molecule has 0 fully saturated rings. The van der Waals surface area contributed by atoms with Crippen LogP contribution in [0.1, 0.15) is 5.69 Å². The molecule has 3 N–H and O–H groups in total. The van der Waals surface area contributed by atoms with Gasteiger partial charge in [0.05, 0.1) is 5.69 Å². The maximum atomic E-state index is 10.7. The van der Waals surface area contributed by atoms with Gasteiger partial charge in [0.25, 0.3) is 0 Å². The molecule has 0 bridgehead atoms. The average Bonchev–Trinajstić information content (AvgIpc) is 2.55. The summed E-state index contributed by atoms with van der Waals surface area (Å²) in [6.45, 7) is 0. The van der Waals surface area contributed by atoms with Crippen molar-refractivity contribution in [3.05, 3.63) is 35.2 Å². The van der Waals surface area contributed by atoms with Crippen molar-refractivity contribution in [3.63, 3.8) is 0 Å². The lowest BCUT2D eigenvalue weighted by molar-refractivity contribution is -0.138. The van der Waals surface area contributed by atoms with Gasteiger partial charge in [-0.05, 0) is 12.1 Å². The largest absolute Gasteiger partial charge is 0.480 e. The number of nitrogens with two attached hydrogens (primary N) is 1. The van der Waals surface area contributed by atoms with E-state index < -0.39 is 12.0 Å². The fourth-order valence-corrected chi connectivity index (χ4v) is 1.75. The van der Waals surface area contributed by atoms with Crippen LogP contribution < -0.4 is 5.73 Å². The summed E-state index contributed by atoms with van der Waals surface area (Å²) >= 11 is 5.94. The van der Waals surface area contributed by atoms with Gasteiger partial charge >= 0.3 is 5.97 Å². The third kappa shape index (κ3) is 1.87. The molecular formula is C10H10ClN3O2. The quantitative estimate of drug-likeness (QED) is 0.835. The van der Waals surface area contributed by atoms with Gasteiger partial charge in [0.1, 0.15) is 11.7 Å². The van der Waals surface area contributed by atoms with E-state index in [2.05, 4.69) is 4.98 Å². The van der Waals surface area contributed by atoms with Crippen LogP contribution in [0.25, 0.3) is 5.65 Å². The van der Waals surface area contributed by atoms with Crippen molar-refractivity contribution in [2.75, 3.05) is 0 Å². The monoisotopic (exact) mass is 239 g/mol. The Balaban J connectivity index is 2.43. The van der Waals surface area contributed by atoms with Gasteiger partial charge in [-0.25, -0.2) is 4.98 Å². The first kappa shape index (κ1) is 10.9. The first-order valence-corrected chi connectivity index (χ1v) is 5.07. The molecule has 0 aliphatic carbocycles. The Kier molecular flexibility index (Phi) is 2.80. The van der Waals surface area contributed by atoms with Gasteiger partial charge in [-0.15, -0.1) is 0 Å². The van der Waals surface area contributed by atoms with Gasteiger partial charge in [0, 0.05) is 12.6 Å². The minimum absolute atomic E-state index is 0.152. The second-order valence-electron chi connectivity index (χ2n) is 3.43. The Hall–Kier alpha value is -1.59. The molecule has 5 nitrogen and oxygen atoms in total. The Morgan fingerprint density at radius 1 is 1.62 bits per heavy atom. The summed E-state index contributed by atoms with van der Waals surface area (Å²) in [6.07, 6.45) is 1.93. The number of rotatable bonds is 3. The Morgan fingerprint density at radius 2 is 2.38 bits per heavy atom. The van der Waals surface area contributed by atoms with Gasteiger partial charge in [0.2, 0.25) is 0 Å². The van der Waals surface area contributed by atoms with Crippen molar-refractivity contribution >= 4 is 23.2 Å². The lowest BCUT2D eigenvalue weighted by Gasteiger charge is -2.06. The number of nitrogens with zero attached hydrogens (tertiary/aromatic N) is 2. The molecule has 2 aromatic rings. The number of hydrogen-bond donors (Lipinski definition) is 2. The number of halogens is 1. The molecule has 84 valence electrons. The molecule has 0 saturated carbocycles. The highest BCUT2D eigenvalue weighted by atomic mass is 35.5. The summed E-state index contributed by atoms with van der Waals surface area (Å²) < 4.78 is 1.74. The van der Waals surface area contributed by atoms with Crippen LogP contribution in [0.5, 0.6) is 0 Å². The van der Waals surface area contributed by atoms with E-state index in [0.29, 0.717) is 16.5 Å². The Morgan fingerprint density at radius 3 is 3.06 bits per heavy atom. The minimum Gasteiger partial charge on any atom is -0.480 e. The average molecular weight is 240 g/mol. The molecule has 1 atom stereocenters. The molecule has 0 saturated heterocycles. The predicted octanol–water partition coefficient (Wildman–Crippen LogP) is 0.942. The summed E-state index contributed by atoms with van der Waals surface area (Å²) in [5.74, 6) is -1.05. The molecule has 0 radical (unpaired) electrons. The first-order valence-electron chi connectivity index (χ1n) is 4.69. The van der Waals surface area contributed by atoms with Crippen LogP contribution in [-0.4, -0.2) is 26.5 Å². The van der Waals surface area contributed by atoms with Crippen molar-refractivity contribution < 1.29 is 9.90 Å². The first-order chi connectivity index (χ1) is 7.59. The number of carboxylic acid groups (broad SMARTS) is 1. The van der Waals surface area contributed by atoms with Crippen LogP contribution in [0.15, 0.2) is 24.4 Å². The van der Waals surface area contributed by atoms with Crippen molar-refractivity contribution in [1.29, 1.82) is 0 Å². The zero-order valence-electron chi connectivity index (χ0n) is 8.30. The SMILES string of the molecule is NC(Cc1c(Cl)nc2ccccn12)C(=O)O. The van der Waals surface area contributed by atoms with E-state index in [1.54, 1.807) is 16.7 Å². The van der Waals surface area contributed by atoms with E-state index in [4.69, 9.17) is 22.4 Å². The highest BCUT2D eigenvalue weighted by Crippen LogP contribution is 2.18. The molecule has 6 heteroatoms. The summed E-state index contributed by atoms with van der Waals surface area (Å²) in [5.41, 5.74) is 6.77. The number of carbonyl (C=O) groups is 1. The number of fused-ring (bicyclic) bond motifs is 1. The lowest BCUT2D eigenvalue weighted by atomic mass is 10.2. The van der Waals surface area contributed by atoms with Gasteiger partial charge in [-0.1, -0.05) is 17.7 Å². The van der Waals surface area contributed by atoms with Crippen LogP contribution in [0.2, 0.25) is 5.15 Å². The summed E-state index contributed by atoms with van der Waals surface area (Å²) in [5, 5.41) is 9.04. The fourth-order valence-electron chi connectivity index (χ4n) is 1.50. The number of imidazole rings is 1. The van der Waals surface area contributed by atoms with Gasteiger partial charge in [0.15, 0.2) is 5.15 Å². The van der Waals surface area contributed by atoms with E-state index in [1.807, 2.05) is 12.1 Å². The molecule has 0 spiro atoms. The van der Waals surface area contributed by atoms with E-state index in [-0.39, 0.29) is 6.42 Å². The summed E-state index contributed by atoms with van der Waals surface area (Å²) in [4.78, 5) is 14.8. The molecule has 0 amide bonds. The molecule has 1 unspecified atom stereocenters. The maximum Gasteiger partial charge on any atom is 0.320 e. The minimum atomic E-state index is -1.05. The Labute approximate surface area is 96.5 Å². The highest BCUT2D eigenvalue weighted by Gasteiger charge is 2.18. The Bertz CT molecular complexity index is 538. The summed E-state index contributed by atoms with van der Waals surface area (Å²) in [7, 11) is 0. The summed E-state index contributed by atoms with van der Waals surface area (Å²) in [6, 6.07) is 4.47. The standard InChI is InChI=1S/C10H10ClN3O2/c11-9-7(5-6(12)10(15)16)14-4-2-1-3-8(14)13-9/h1-4,6H,5,12H2,(H,15,16). The number of hydrogen-bond acceptors (Lipinski definition) is 3. The number of aromatic nitrogens is 2. The van der Waals surface area contributed by atoms with Gasteiger partial charge in [-0.2, -0.15) is 0 Å². The van der Waals surface area contributed by atoms with Crippen LogP contribution in [0, 0.1) is 0 Å². The fraction of sp³-hybridized carbons (Fsp3) is 0.200. The molecular weight excluding hydrogens is 230 g/mol. The predicted molar refractivity (Wildman–Crippen MR) is 59.5 cm³/mol. The molecule has 2 rings (SSSR count). The van der Waals surface area contributed by atoms with E-state index in [9.17, 15) is 4.79 Å². The van der Waals surface area contributed by atoms with Gasteiger partial charge < -0.3 is 15.2 Å². The van der Waals surface area contributed by atoms with E-state index >= 15 is 0 Å². The topological polar surface area (TPSA) is 80.6 Å². The zero-order chi connectivity index (χ0) is 11.7. The number of carboxylic acids is 1. The third-order valence-electron chi connectivity index (χ3n) is 2.31. The second kappa shape index (κ2) is 4.11. The molecule has 2 heterocycles. The second-order valence-corrected chi connectivity index (χ2v) is 3.79. The highest BCUT2D eigenvalue weighted by molar-refractivity contribution is 6.30. The molecule has 0 aliphatic rings. The molecule has 0 aromatic carbocycles. The van der Waals surface area contributed by atoms with Crippen molar-refractivity contribution in [1.82, 2.24) is 9.38 Å². The normalized spacial score (nSPS) is 12.9. The number of aliphatic carboxylic acids is 1. The van der Waals surface area contributed by atoms with Crippen LogP contribution >= 0.6 is 11.6 Å². The van der Waals surface area contributed by atoms with E-state index in [0.717, 1.165) is 0 Å². The maximum absolute atomic E-state index is 10.7. The van der Waals surface area contributed by atoms with Crippen LogP contribution in [0.3, 0.4) is 0 Å². The van der Waals surface area contributed by atoms with Crippen molar-refractivity contribution in [3.8, 4) is 0 Å². The molecule has 2 aromatic heterocycles.